The molecule has 206 valence electrons. The molecule has 3 heterocycles. The third-order valence-electron chi connectivity index (χ3n) is 7.27. The number of hydrogen-bond acceptors (Lipinski definition) is 5. The summed E-state index contributed by atoms with van der Waals surface area (Å²) >= 11 is 19.2. The van der Waals surface area contributed by atoms with Gasteiger partial charge in [-0.2, -0.15) is 8.75 Å². The number of unbranched alkanes of at least 4 members (excludes halogenated alkanes) is 8. The molecule has 1 unspecified atom stereocenters. The highest BCUT2D eigenvalue weighted by Gasteiger charge is 2.22. The van der Waals surface area contributed by atoms with Crippen LogP contribution in [0.3, 0.4) is 0 Å². The third kappa shape index (κ3) is 8.13. The summed E-state index contributed by atoms with van der Waals surface area (Å²) in [6, 6.07) is 8.61. The molecule has 4 aromatic rings. The van der Waals surface area contributed by atoms with Gasteiger partial charge >= 0.3 is 0 Å². The zero-order valence-electron chi connectivity index (χ0n) is 22.3. The van der Waals surface area contributed by atoms with Gasteiger partial charge in [0.1, 0.15) is 11.0 Å². The Bertz CT molecular complexity index is 1300. The lowest BCUT2D eigenvalue weighted by Gasteiger charge is -2.17. The molecule has 0 spiro atoms. The van der Waals surface area contributed by atoms with Gasteiger partial charge in [-0.05, 0) is 74.0 Å². The van der Waals surface area contributed by atoms with Crippen LogP contribution in [0.5, 0.6) is 0 Å². The molecule has 2 nitrogen and oxygen atoms in total. The Morgan fingerprint density at radius 2 is 1.45 bits per heavy atom. The lowest BCUT2D eigenvalue weighted by atomic mass is 9.89. The lowest BCUT2D eigenvalue weighted by molar-refractivity contribution is 0.402. The Morgan fingerprint density at radius 1 is 0.789 bits per heavy atom. The first kappa shape index (κ1) is 30.6. The van der Waals surface area contributed by atoms with Crippen LogP contribution >= 0.6 is 77.9 Å². The van der Waals surface area contributed by atoms with Crippen LogP contribution in [0.1, 0.15) is 96.5 Å². The van der Waals surface area contributed by atoms with Gasteiger partial charge in [0.2, 0.25) is 0 Å². The van der Waals surface area contributed by atoms with E-state index >= 15 is 0 Å². The van der Waals surface area contributed by atoms with Crippen molar-refractivity contribution in [3.8, 4) is 20.9 Å². The molecule has 3 aromatic heterocycles. The summed E-state index contributed by atoms with van der Waals surface area (Å²) in [6.45, 7) is 4.59. The molecule has 0 aliphatic heterocycles. The second-order valence-electron chi connectivity index (χ2n) is 10.2. The zero-order chi connectivity index (χ0) is 26.9. The molecule has 0 aliphatic rings. The van der Waals surface area contributed by atoms with Crippen LogP contribution in [0.15, 0.2) is 31.8 Å². The van der Waals surface area contributed by atoms with E-state index in [2.05, 4.69) is 74.3 Å². The molecular formula is C30H37Br2ClN2S3. The quantitative estimate of drug-likeness (QED) is 0.108. The number of fused-ring (bicyclic) bond motifs is 1. The second-order valence-corrected chi connectivity index (χ2v) is 16.0. The fraction of sp³-hybridized carbons (Fsp3) is 0.533. The number of thiophene rings is 2. The van der Waals surface area contributed by atoms with Crippen molar-refractivity contribution >= 4 is 88.9 Å². The summed E-state index contributed by atoms with van der Waals surface area (Å²) in [5, 5.41) is 0.744. The molecule has 0 bridgehead atoms. The predicted molar refractivity (Wildman–Crippen MR) is 178 cm³/mol. The molecule has 0 radical (unpaired) electrons. The highest BCUT2D eigenvalue weighted by molar-refractivity contribution is 9.11. The Balaban J connectivity index is 1.53. The van der Waals surface area contributed by atoms with Gasteiger partial charge in [-0.15, -0.1) is 22.7 Å². The van der Waals surface area contributed by atoms with E-state index in [9.17, 15) is 0 Å². The van der Waals surface area contributed by atoms with E-state index in [1.165, 1.54) is 103 Å². The van der Waals surface area contributed by atoms with Crippen molar-refractivity contribution in [1.82, 2.24) is 8.75 Å². The number of rotatable bonds is 16. The number of hydrogen-bond donors (Lipinski definition) is 0. The first-order chi connectivity index (χ1) is 18.5. The van der Waals surface area contributed by atoms with E-state index in [1.54, 1.807) is 22.7 Å². The van der Waals surface area contributed by atoms with E-state index in [1.807, 2.05) is 0 Å². The fourth-order valence-corrected chi connectivity index (χ4v) is 9.29. The number of benzene rings is 1. The van der Waals surface area contributed by atoms with Gasteiger partial charge < -0.3 is 0 Å². The minimum Gasteiger partial charge on any atom is -0.172 e. The number of aromatic nitrogens is 2. The molecule has 8 heteroatoms. The average molecular weight is 717 g/mol. The minimum atomic E-state index is 0.743. The largest absolute Gasteiger partial charge is 0.172 e. The molecular weight excluding hydrogens is 680 g/mol. The van der Waals surface area contributed by atoms with Gasteiger partial charge in [0.05, 0.1) is 24.3 Å². The Kier molecular flexibility index (Phi) is 12.6. The van der Waals surface area contributed by atoms with Crippen LogP contribution in [0.2, 0.25) is 5.02 Å². The molecule has 38 heavy (non-hydrogen) atoms. The van der Waals surface area contributed by atoms with E-state index in [0.717, 1.165) is 48.2 Å². The smallest absolute Gasteiger partial charge is 0.115 e. The standard InChI is InChI=1S/C30H37Br2ClN2S3/c1-3-5-7-9-10-12-14-20(13-11-8-6-4-2)17-21-18-25(37-30(21)32)27-23(33)19-22(24-15-16-26(31)36-24)28-29(27)35-38-34-28/h15-16,18-20H,3-14,17H2,1-2H3. The van der Waals surface area contributed by atoms with Gasteiger partial charge in [0.15, 0.2) is 0 Å². The zero-order valence-corrected chi connectivity index (χ0v) is 28.7. The van der Waals surface area contributed by atoms with Crippen molar-refractivity contribution in [3.05, 3.63) is 42.4 Å². The summed E-state index contributed by atoms with van der Waals surface area (Å²) in [5.74, 6) is 0.743. The Labute approximate surface area is 262 Å². The first-order valence-electron chi connectivity index (χ1n) is 14.0. The highest BCUT2D eigenvalue weighted by Crippen LogP contribution is 2.46. The normalized spacial score (nSPS) is 12.6. The molecule has 0 amide bonds. The molecule has 0 saturated heterocycles. The Hall–Kier alpha value is -0.310. The molecule has 4 rings (SSSR count). The summed E-state index contributed by atoms with van der Waals surface area (Å²) in [6.07, 6.45) is 17.4. The van der Waals surface area contributed by atoms with Crippen LogP contribution in [-0.4, -0.2) is 8.75 Å². The van der Waals surface area contributed by atoms with Crippen LogP contribution < -0.4 is 0 Å². The van der Waals surface area contributed by atoms with Crippen molar-refractivity contribution < 1.29 is 0 Å². The Morgan fingerprint density at radius 3 is 2.13 bits per heavy atom. The van der Waals surface area contributed by atoms with Gasteiger partial charge in [0.25, 0.3) is 0 Å². The fourth-order valence-electron chi connectivity index (χ4n) is 5.19. The topological polar surface area (TPSA) is 25.8 Å². The maximum atomic E-state index is 6.96. The lowest BCUT2D eigenvalue weighted by Crippen LogP contribution is -2.05. The van der Waals surface area contributed by atoms with Gasteiger partial charge in [-0.25, -0.2) is 0 Å². The maximum absolute atomic E-state index is 6.96. The summed E-state index contributed by atoms with van der Waals surface area (Å²) in [5.41, 5.74) is 5.33. The van der Waals surface area contributed by atoms with Gasteiger partial charge in [0, 0.05) is 20.9 Å². The number of nitrogens with zero attached hydrogens (tertiary/aromatic N) is 2. The molecule has 0 fully saturated rings. The van der Waals surface area contributed by atoms with Crippen molar-refractivity contribution in [1.29, 1.82) is 0 Å². The van der Waals surface area contributed by atoms with Crippen LogP contribution in [0.4, 0.5) is 0 Å². The summed E-state index contributed by atoms with van der Waals surface area (Å²) in [7, 11) is 0. The van der Waals surface area contributed by atoms with Crippen molar-refractivity contribution in [2.24, 2.45) is 5.92 Å². The highest BCUT2D eigenvalue weighted by atomic mass is 79.9. The number of halogens is 3. The van der Waals surface area contributed by atoms with Crippen LogP contribution in [0, 0.1) is 5.92 Å². The maximum Gasteiger partial charge on any atom is 0.115 e. The average Bonchev–Trinajstić information content (AvgIpc) is 3.64. The third-order valence-corrected chi connectivity index (χ3v) is 11.7. The van der Waals surface area contributed by atoms with Crippen molar-refractivity contribution in [2.45, 2.75) is 97.3 Å². The van der Waals surface area contributed by atoms with Gasteiger partial charge in [-0.3, -0.25) is 0 Å². The molecule has 0 N–H and O–H groups in total. The van der Waals surface area contributed by atoms with E-state index in [0.29, 0.717) is 0 Å². The first-order valence-corrected chi connectivity index (χ1v) is 18.3. The van der Waals surface area contributed by atoms with E-state index < -0.39 is 0 Å². The molecule has 0 saturated carbocycles. The molecule has 0 aliphatic carbocycles. The summed E-state index contributed by atoms with van der Waals surface area (Å²) < 4.78 is 11.7. The van der Waals surface area contributed by atoms with Crippen molar-refractivity contribution in [3.63, 3.8) is 0 Å². The minimum absolute atomic E-state index is 0.743. The molecule has 1 atom stereocenters. The second kappa shape index (κ2) is 15.6. The predicted octanol–water partition coefficient (Wildman–Crippen LogP) is 13.2. The van der Waals surface area contributed by atoms with Crippen LogP contribution in [0.25, 0.3) is 31.9 Å². The SMILES string of the molecule is CCCCCCCCC(CCCCCC)Cc1cc(-c2c(Cl)cc(-c3ccc(Br)s3)c3nsnc23)sc1Br. The van der Waals surface area contributed by atoms with E-state index in [-0.39, 0.29) is 0 Å². The molecule has 1 aromatic carbocycles. The van der Waals surface area contributed by atoms with Gasteiger partial charge in [-0.1, -0.05) is 102 Å². The van der Waals surface area contributed by atoms with E-state index in [4.69, 9.17) is 16.0 Å². The summed E-state index contributed by atoms with van der Waals surface area (Å²) in [4.78, 5) is 2.33. The van der Waals surface area contributed by atoms with Crippen molar-refractivity contribution in [2.75, 3.05) is 0 Å². The van der Waals surface area contributed by atoms with Crippen LogP contribution in [-0.2, 0) is 6.42 Å². The monoisotopic (exact) mass is 714 g/mol.